The minimum absolute atomic E-state index is 0.0103. The Bertz CT molecular complexity index is 407. The maximum atomic E-state index is 13.0. The first-order chi connectivity index (χ1) is 11.1. The molecule has 0 aromatic heterocycles. The number of nitrogens with one attached hydrogen (secondary N) is 1. The van der Waals surface area contributed by atoms with Crippen LogP contribution in [0.4, 0.5) is 0 Å². The average Bonchev–Trinajstić information content (AvgIpc) is 3.12. The van der Waals surface area contributed by atoms with Crippen molar-refractivity contribution >= 4 is 11.8 Å². The normalized spacial score (nSPS) is 26.1. The Balaban J connectivity index is 2.00. The Labute approximate surface area is 140 Å². The average molecular weight is 323 g/mol. The summed E-state index contributed by atoms with van der Waals surface area (Å²) < 4.78 is 0. The van der Waals surface area contributed by atoms with Crippen molar-refractivity contribution in [2.45, 2.75) is 58.9 Å². The van der Waals surface area contributed by atoms with E-state index in [-0.39, 0.29) is 23.7 Å². The number of amides is 2. The number of carbonyl (C=O) groups excluding carboxylic acids is 2. The lowest BCUT2D eigenvalue weighted by Crippen LogP contribution is -2.51. The van der Waals surface area contributed by atoms with E-state index in [1.165, 1.54) is 0 Å². The first kappa shape index (κ1) is 18.2. The molecular weight excluding hydrogens is 290 g/mol. The lowest BCUT2D eigenvalue weighted by molar-refractivity contribution is -0.143. The molecule has 5 nitrogen and oxygen atoms in total. The number of carbonyl (C=O) groups is 2. The Hall–Kier alpha value is -1.10. The molecule has 132 valence electrons. The van der Waals surface area contributed by atoms with E-state index in [1.54, 1.807) is 0 Å². The van der Waals surface area contributed by atoms with Crippen LogP contribution in [0, 0.1) is 11.8 Å². The van der Waals surface area contributed by atoms with E-state index in [0.29, 0.717) is 12.6 Å². The highest BCUT2D eigenvalue weighted by Crippen LogP contribution is 2.23. The van der Waals surface area contributed by atoms with E-state index >= 15 is 0 Å². The minimum atomic E-state index is -0.0103. The molecule has 2 saturated heterocycles. The van der Waals surface area contributed by atoms with Crippen LogP contribution in [0.2, 0.25) is 0 Å². The zero-order chi connectivity index (χ0) is 16.8. The Kier molecular flexibility index (Phi) is 6.88. The summed E-state index contributed by atoms with van der Waals surface area (Å²) in [6.45, 7) is 10.3. The third-order valence-corrected chi connectivity index (χ3v) is 5.34. The number of hydrogen-bond acceptors (Lipinski definition) is 3. The molecule has 0 bridgehead atoms. The van der Waals surface area contributed by atoms with Crippen LogP contribution < -0.4 is 5.32 Å². The summed E-state index contributed by atoms with van der Waals surface area (Å²) in [5.41, 5.74) is 0. The van der Waals surface area contributed by atoms with Crippen LogP contribution in [0.1, 0.15) is 52.9 Å². The number of likely N-dealkylation sites (tertiary alicyclic amines) is 1. The van der Waals surface area contributed by atoms with E-state index in [9.17, 15) is 9.59 Å². The molecule has 2 heterocycles. The highest BCUT2D eigenvalue weighted by atomic mass is 16.2. The maximum absolute atomic E-state index is 13.0. The van der Waals surface area contributed by atoms with Gasteiger partial charge < -0.3 is 15.1 Å². The van der Waals surface area contributed by atoms with E-state index in [1.807, 2.05) is 18.7 Å². The summed E-state index contributed by atoms with van der Waals surface area (Å²) in [5.74, 6) is 0.537. The van der Waals surface area contributed by atoms with Gasteiger partial charge in [-0.25, -0.2) is 0 Å². The summed E-state index contributed by atoms with van der Waals surface area (Å²) in [6, 6.07) is 0.336. The van der Waals surface area contributed by atoms with Gasteiger partial charge in [-0.2, -0.15) is 0 Å². The summed E-state index contributed by atoms with van der Waals surface area (Å²) >= 11 is 0. The number of nitrogens with zero attached hydrogens (tertiary/aromatic N) is 2. The molecule has 3 atom stereocenters. The molecule has 0 aromatic carbocycles. The number of piperidine rings is 1. The largest absolute Gasteiger partial charge is 0.342 e. The summed E-state index contributed by atoms with van der Waals surface area (Å²) in [6.07, 6.45) is 4.77. The first-order valence-corrected chi connectivity index (χ1v) is 9.38. The van der Waals surface area contributed by atoms with E-state index in [0.717, 1.165) is 58.3 Å². The summed E-state index contributed by atoms with van der Waals surface area (Å²) in [5, 5.41) is 3.36. The second kappa shape index (κ2) is 8.67. The van der Waals surface area contributed by atoms with Gasteiger partial charge in [0.25, 0.3) is 0 Å². The Morgan fingerprint density at radius 1 is 1.30 bits per heavy atom. The summed E-state index contributed by atoms with van der Waals surface area (Å²) in [4.78, 5) is 29.5. The van der Waals surface area contributed by atoms with Crippen molar-refractivity contribution in [3.05, 3.63) is 0 Å². The maximum Gasteiger partial charge on any atom is 0.227 e. The van der Waals surface area contributed by atoms with Gasteiger partial charge in [-0.05, 0) is 38.6 Å². The van der Waals surface area contributed by atoms with Crippen molar-refractivity contribution in [1.82, 2.24) is 15.1 Å². The summed E-state index contributed by atoms with van der Waals surface area (Å²) in [7, 11) is 0. The van der Waals surface area contributed by atoms with Gasteiger partial charge >= 0.3 is 0 Å². The monoisotopic (exact) mass is 323 g/mol. The van der Waals surface area contributed by atoms with E-state index < -0.39 is 0 Å². The second-order valence-corrected chi connectivity index (χ2v) is 7.11. The molecule has 2 rings (SSSR count). The van der Waals surface area contributed by atoms with Crippen LogP contribution in [-0.4, -0.2) is 60.4 Å². The molecule has 2 fully saturated rings. The quantitative estimate of drug-likeness (QED) is 0.812. The molecule has 2 aliphatic rings. The number of rotatable bonds is 6. The van der Waals surface area contributed by atoms with E-state index in [2.05, 4.69) is 17.1 Å². The minimum Gasteiger partial charge on any atom is -0.342 e. The fourth-order valence-corrected chi connectivity index (χ4v) is 3.72. The Morgan fingerprint density at radius 3 is 2.70 bits per heavy atom. The van der Waals surface area contributed by atoms with Gasteiger partial charge in [0.1, 0.15) is 0 Å². The molecule has 2 amide bonds. The second-order valence-electron chi connectivity index (χ2n) is 7.11. The van der Waals surface area contributed by atoms with Crippen LogP contribution in [-0.2, 0) is 9.59 Å². The lowest BCUT2D eigenvalue weighted by Gasteiger charge is -2.37. The van der Waals surface area contributed by atoms with Gasteiger partial charge in [0.05, 0.1) is 5.92 Å². The van der Waals surface area contributed by atoms with Crippen molar-refractivity contribution < 1.29 is 9.59 Å². The van der Waals surface area contributed by atoms with Crippen LogP contribution in [0.5, 0.6) is 0 Å². The van der Waals surface area contributed by atoms with Gasteiger partial charge in [0, 0.05) is 38.1 Å². The van der Waals surface area contributed by atoms with Crippen molar-refractivity contribution in [1.29, 1.82) is 0 Å². The van der Waals surface area contributed by atoms with E-state index in [4.69, 9.17) is 0 Å². The molecular formula is C18H33N3O2. The molecule has 0 spiro atoms. The highest BCUT2D eigenvalue weighted by Gasteiger charge is 2.35. The first-order valence-electron chi connectivity index (χ1n) is 9.38. The zero-order valence-corrected chi connectivity index (χ0v) is 15.0. The van der Waals surface area contributed by atoms with Crippen LogP contribution in [0.25, 0.3) is 0 Å². The molecule has 3 unspecified atom stereocenters. The van der Waals surface area contributed by atoms with Crippen LogP contribution in [0.15, 0.2) is 0 Å². The zero-order valence-electron chi connectivity index (χ0n) is 15.0. The number of hydrogen-bond donors (Lipinski definition) is 1. The highest BCUT2D eigenvalue weighted by molar-refractivity contribution is 5.82. The van der Waals surface area contributed by atoms with Crippen LogP contribution in [0.3, 0.4) is 0 Å². The van der Waals surface area contributed by atoms with Crippen LogP contribution >= 0.6 is 0 Å². The van der Waals surface area contributed by atoms with Crippen molar-refractivity contribution in [3.8, 4) is 0 Å². The standard InChI is InChI=1S/C18H33N3O2/c1-4-10-21(16-8-9-19-12-16)18(23)15-7-6-11-20(13-15)17(22)14(3)5-2/h14-16,19H,4-13H2,1-3H3. The van der Waals surface area contributed by atoms with Gasteiger partial charge in [0.15, 0.2) is 0 Å². The Morgan fingerprint density at radius 2 is 2.09 bits per heavy atom. The SMILES string of the molecule is CCCN(C(=O)C1CCCN(C(=O)C(C)CC)C1)C1CCNC1. The predicted octanol–water partition coefficient (Wildman–Crippen LogP) is 1.87. The van der Waals surface area contributed by atoms with Crippen molar-refractivity contribution in [2.24, 2.45) is 11.8 Å². The molecule has 5 heteroatoms. The fraction of sp³-hybridized carbons (Fsp3) is 0.889. The molecule has 0 aromatic rings. The molecule has 0 radical (unpaired) electrons. The van der Waals surface area contributed by atoms with Crippen molar-refractivity contribution in [2.75, 3.05) is 32.7 Å². The third-order valence-electron chi connectivity index (χ3n) is 5.34. The predicted molar refractivity (Wildman–Crippen MR) is 92.0 cm³/mol. The topological polar surface area (TPSA) is 52.7 Å². The molecule has 0 saturated carbocycles. The molecule has 23 heavy (non-hydrogen) atoms. The molecule has 2 aliphatic heterocycles. The van der Waals surface area contributed by atoms with Gasteiger partial charge in [-0.3, -0.25) is 9.59 Å². The smallest absolute Gasteiger partial charge is 0.227 e. The fourth-order valence-electron chi connectivity index (χ4n) is 3.72. The third kappa shape index (κ3) is 4.46. The van der Waals surface area contributed by atoms with Gasteiger partial charge in [0.2, 0.25) is 11.8 Å². The van der Waals surface area contributed by atoms with Crippen molar-refractivity contribution in [3.63, 3.8) is 0 Å². The van der Waals surface area contributed by atoms with Gasteiger partial charge in [-0.15, -0.1) is 0 Å². The molecule has 1 N–H and O–H groups in total. The molecule has 0 aliphatic carbocycles. The lowest BCUT2D eigenvalue weighted by atomic mass is 9.94. The van der Waals surface area contributed by atoms with Gasteiger partial charge in [-0.1, -0.05) is 20.8 Å².